The van der Waals surface area contributed by atoms with E-state index >= 15 is 0 Å². The van der Waals surface area contributed by atoms with Crippen molar-refractivity contribution in [3.63, 3.8) is 0 Å². The summed E-state index contributed by atoms with van der Waals surface area (Å²) in [7, 11) is -1.52. The molecule has 84 valence electrons. The minimum absolute atomic E-state index is 0.224. The first-order chi connectivity index (χ1) is 8.22. The lowest BCUT2D eigenvalue weighted by Crippen LogP contribution is -2.17. The molecule has 1 aliphatic rings. The zero-order valence-corrected chi connectivity index (χ0v) is 9.13. The van der Waals surface area contributed by atoms with Crippen LogP contribution in [0.25, 0.3) is 5.57 Å². The molecule has 0 saturated carbocycles. The van der Waals surface area contributed by atoms with E-state index in [9.17, 15) is 4.79 Å². The molecule has 4 heteroatoms. The van der Waals surface area contributed by atoms with Gasteiger partial charge in [-0.05, 0) is 16.6 Å². The lowest BCUT2D eigenvalue weighted by Gasteiger charge is -2.15. The van der Waals surface area contributed by atoms with Crippen molar-refractivity contribution >= 4 is 18.6 Å². The van der Waals surface area contributed by atoms with Gasteiger partial charge in [-0.1, -0.05) is 42.5 Å². The fraction of sp³-hybridized carbons (Fsp3) is 0.0769. The molecule has 0 radical (unpaired) electrons. The zero-order valence-electron chi connectivity index (χ0n) is 9.13. The summed E-state index contributed by atoms with van der Waals surface area (Å²) in [4.78, 5) is 10.9. The molecule has 3 nitrogen and oxygen atoms in total. The third-order valence-corrected chi connectivity index (χ3v) is 2.71. The Labute approximate surface area is 99.6 Å². The van der Waals surface area contributed by atoms with E-state index in [4.69, 9.17) is 10.0 Å². The van der Waals surface area contributed by atoms with Gasteiger partial charge < -0.3 is 10.0 Å². The third-order valence-electron chi connectivity index (χ3n) is 2.71. The Morgan fingerprint density at radius 2 is 1.82 bits per heavy atom. The summed E-state index contributed by atoms with van der Waals surface area (Å²) in [6.07, 6.45) is 3.57. The van der Waals surface area contributed by atoms with Gasteiger partial charge in [0, 0.05) is 12.0 Å². The van der Waals surface area contributed by atoms with Crippen molar-refractivity contribution in [1.29, 1.82) is 0 Å². The molecule has 0 unspecified atom stereocenters. The molecule has 17 heavy (non-hydrogen) atoms. The number of hydrogen-bond donors (Lipinski definition) is 2. The van der Waals surface area contributed by atoms with E-state index in [1.165, 1.54) is 0 Å². The summed E-state index contributed by atoms with van der Waals surface area (Å²) in [5, 5.41) is 18.1. The molecule has 1 aromatic carbocycles. The highest BCUT2D eigenvalue weighted by atomic mass is 16.4. The van der Waals surface area contributed by atoms with Crippen LogP contribution in [0.4, 0.5) is 0 Å². The van der Waals surface area contributed by atoms with Crippen molar-refractivity contribution in [3.05, 3.63) is 59.1 Å². The van der Waals surface area contributed by atoms with Crippen molar-refractivity contribution in [2.45, 2.75) is 6.42 Å². The Morgan fingerprint density at radius 3 is 2.41 bits per heavy atom. The van der Waals surface area contributed by atoms with E-state index in [0.717, 1.165) is 11.1 Å². The molecule has 0 aromatic heterocycles. The molecule has 2 N–H and O–H groups in total. The second kappa shape index (κ2) is 4.98. The van der Waals surface area contributed by atoms with Gasteiger partial charge in [0.1, 0.15) is 5.94 Å². The number of rotatable bonds is 2. The Morgan fingerprint density at radius 1 is 1.12 bits per heavy atom. The van der Waals surface area contributed by atoms with Gasteiger partial charge in [-0.2, -0.15) is 0 Å². The second-order valence-corrected chi connectivity index (χ2v) is 3.82. The largest absolute Gasteiger partial charge is 0.484 e. The molecule has 2 rings (SSSR count). The summed E-state index contributed by atoms with van der Waals surface area (Å²) in [5.41, 5.74) is 2.56. The van der Waals surface area contributed by atoms with Crippen LogP contribution in [0.2, 0.25) is 0 Å². The SMILES string of the molecule is O=C=C1CC(B(O)O)=CC=C1c1ccccc1. The van der Waals surface area contributed by atoms with Gasteiger partial charge >= 0.3 is 7.12 Å². The third kappa shape index (κ3) is 2.45. The average Bonchev–Trinajstić information content (AvgIpc) is 2.39. The molecule has 0 bridgehead atoms. The van der Waals surface area contributed by atoms with Crippen LogP contribution in [0.5, 0.6) is 0 Å². The minimum Gasteiger partial charge on any atom is -0.423 e. The van der Waals surface area contributed by atoms with Crippen LogP contribution in [0.1, 0.15) is 12.0 Å². The van der Waals surface area contributed by atoms with Crippen LogP contribution in [-0.4, -0.2) is 23.1 Å². The summed E-state index contributed by atoms with van der Waals surface area (Å²) in [6, 6.07) is 9.47. The van der Waals surface area contributed by atoms with Crippen LogP contribution < -0.4 is 0 Å². The molecule has 0 fully saturated rings. The normalized spacial score (nSPS) is 14.8. The van der Waals surface area contributed by atoms with Crippen LogP contribution in [0, 0.1) is 0 Å². The fourth-order valence-electron chi connectivity index (χ4n) is 1.81. The Bertz CT molecular complexity index is 523. The standard InChI is InChI=1S/C13H11BO3/c15-9-11-8-12(14(16)17)6-7-13(11)10-4-2-1-3-5-10/h1-7,16-17H,8H2. The monoisotopic (exact) mass is 226 g/mol. The highest BCUT2D eigenvalue weighted by molar-refractivity contribution is 6.51. The van der Waals surface area contributed by atoms with E-state index in [0.29, 0.717) is 11.0 Å². The summed E-state index contributed by atoms with van der Waals surface area (Å²) >= 11 is 0. The highest BCUT2D eigenvalue weighted by Gasteiger charge is 2.21. The van der Waals surface area contributed by atoms with Crippen LogP contribution in [-0.2, 0) is 4.79 Å². The second-order valence-electron chi connectivity index (χ2n) is 3.82. The topological polar surface area (TPSA) is 57.5 Å². The van der Waals surface area contributed by atoms with E-state index in [1.54, 1.807) is 12.2 Å². The Kier molecular flexibility index (Phi) is 3.40. The van der Waals surface area contributed by atoms with Gasteiger partial charge in [0.25, 0.3) is 0 Å². The molecule has 0 heterocycles. The number of allylic oxidation sites excluding steroid dienone is 5. The van der Waals surface area contributed by atoms with Gasteiger partial charge in [0.15, 0.2) is 0 Å². The molecule has 0 atom stereocenters. The smallest absolute Gasteiger partial charge is 0.423 e. The summed E-state index contributed by atoms with van der Waals surface area (Å²) in [5.74, 6) is 1.87. The van der Waals surface area contributed by atoms with Gasteiger partial charge in [-0.25, -0.2) is 4.79 Å². The Balaban J connectivity index is 2.43. The lowest BCUT2D eigenvalue weighted by molar-refractivity contribution is 0.417. The van der Waals surface area contributed by atoms with Gasteiger partial charge in [0.05, 0.1) is 0 Å². The quantitative estimate of drug-likeness (QED) is 0.587. The lowest BCUT2D eigenvalue weighted by atomic mass is 9.72. The molecule has 0 aliphatic heterocycles. The fourth-order valence-corrected chi connectivity index (χ4v) is 1.81. The van der Waals surface area contributed by atoms with Crippen molar-refractivity contribution < 1.29 is 14.8 Å². The summed E-state index contributed by atoms with van der Waals surface area (Å²) in [6.45, 7) is 0. The van der Waals surface area contributed by atoms with Crippen molar-refractivity contribution in [2.24, 2.45) is 0 Å². The maximum atomic E-state index is 10.9. The van der Waals surface area contributed by atoms with Crippen molar-refractivity contribution in [3.8, 4) is 0 Å². The van der Waals surface area contributed by atoms with Gasteiger partial charge in [-0.3, -0.25) is 0 Å². The van der Waals surface area contributed by atoms with E-state index in [2.05, 4.69) is 0 Å². The highest BCUT2D eigenvalue weighted by Crippen LogP contribution is 2.30. The van der Waals surface area contributed by atoms with Crippen LogP contribution >= 0.6 is 0 Å². The first kappa shape index (κ1) is 11.6. The maximum Gasteiger partial charge on any atom is 0.484 e. The Hall–Kier alpha value is -1.87. The number of carbonyl (C=O) groups excluding carboxylic acids is 1. The first-order valence-corrected chi connectivity index (χ1v) is 5.29. The van der Waals surface area contributed by atoms with Gasteiger partial charge in [0.2, 0.25) is 0 Å². The minimum atomic E-state index is -1.52. The van der Waals surface area contributed by atoms with Crippen molar-refractivity contribution in [2.75, 3.05) is 0 Å². The zero-order chi connectivity index (χ0) is 12.3. The van der Waals surface area contributed by atoms with Crippen molar-refractivity contribution in [1.82, 2.24) is 0 Å². The molecule has 1 aliphatic carbocycles. The molecule has 0 spiro atoms. The average molecular weight is 226 g/mol. The number of hydrogen-bond acceptors (Lipinski definition) is 3. The first-order valence-electron chi connectivity index (χ1n) is 5.29. The molecular weight excluding hydrogens is 215 g/mol. The molecule has 0 saturated heterocycles. The maximum absolute atomic E-state index is 10.9. The summed E-state index contributed by atoms with van der Waals surface area (Å²) < 4.78 is 0. The predicted molar refractivity (Wildman–Crippen MR) is 66.5 cm³/mol. The van der Waals surface area contributed by atoms with Crippen LogP contribution in [0.15, 0.2) is 53.5 Å². The van der Waals surface area contributed by atoms with E-state index < -0.39 is 7.12 Å². The molecule has 1 aromatic rings. The molecule has 0 amide bonds. The number of benzene rings is 1. The van der Waals surface area contributed by atoms with E-state index in [-0.39, 0.29) is 6.42 Å². The molecular formula is C13H11BO3. The van der Waals surface area contributed by atoms with Crippen LogP contribution in [0.3, 0.4) is 0 Å². The van der Waals surface area contributed by atoms with E-state index in [1.807, 2.05) is 36.3 Å². The predicted octanol–water partition coefficient (Wildman–Crippen LogP) is 1.17. The van der Waals surface area contributed by atoms with Gasteiger partial charge in [-0.15, -0.1) is 0 Å².